The van der Waals surface area contributed by atoms with Crippen LogP contribution in [0.25, 0.3) is 0 Å². The van der Waals surface area contributed by atoms with E-state index in [4.69, 9.17) is 11.6 Å². The van der Waals surface area contributed by atoms with Crippen molar-refractivity contribution in [1.82, 2.24) is 5.32 Å². The van der Waals surface area contributed by atoms with Crippen LogP contribution in [0.4, 0.5) is 0 Å². The quantitative estimate of drug-likeness (QED) is 0.783. The molecule has 18 heavy (non-hydrogen) atoms. The zero-order valence-corrected chi connectivity index (χ0v) is 12.0. The summed E-state index contributed by atoms with van der Waals surface area (Å²) in [6.07, 6.45) is 6.78. The van der Waals surface area contributed by atoms with Crippen molar-refractivity contribution in [3.8, 4) is 0 Å². The Morgan fingerprint density at radius 1 is 1.22 bits per heavy atom. The van der Waals surface area contributed by atoms with Crippen LogP contribution in [0, 0.1) is 11.8 Å². The highest BCUT2D eigenvalue weighted by Gasteiger charge is 2.17. The van der Waals surface area contributed by atoms with Gasteiger partial charge in [-0.1, -0.05) is 43.5 Å². The lowest BCUT2D eigenvalue weighted by molar-refractivity contribution is 0.275. The Hall–Kier alpha value is -0.530. The zero-order chi connectivity index (χ0) is 12.8. The summed E-state index contributed by atoms with van der Waals surface area (Å²) in [5.41, 5.74) is 1.36. The van der Waals surface area contributed by atoms with Gasteiger partial charge in [0.15, 0.2) is 0 Å². The van der Waals surface area contributed by atoms with E-state index >= 15 is 0 Å². The van der Waals surface area contributed by atoms with Crippen LogP contribution >= 0.6 is 11.6 Å². The lowest BCUT2D eigenvalue weighted by atomic mass is 9.82. The van der Waals surface area contributed by atoms with Crippen molar-refractivity contribution in [2.45, 2.75) is 39.0 Å². The highest BCUT2D eigenvalue weighted by molar-refractivity contribution is 6.30. The van der Waals surface area contributed by atoms with Crippen molar-refractivity contribution >= 4 is 11.6 Å². The third-order valence-corrected chi connectivity index (χ3v) is 4.23. The van der Waals surface area contributed by atoms with Gasteiger partial charge in [-0.3, -0.25) is 0 Å². The van der Waals surface area contributed by atoms with Gasteiger partial charge in [-0.15, -0.1) is 0 Å². The second-order valence-electron chi connectivity index (χ2n) is 5.72. The molecule has 100 valence electrons. The van der Waals surface area contributed by atoms with Gasteiger partial charge < -0.3 is 5.32 Å². The van der Waals surface area contributed by atoms with E-state index in [2.05, 4.69) is 24.4 Å². The van der Waals surface area contributed by atoms with E-state index in [1.807, 2.05) is 12.1 Å². The first-order chi connectivity index (χ1) is 8.74. The Morgan fingerprint density at radius 2 is 2.00 bits per heavy atom. The van der Waals surface area contributed by atoms with Gasteiger partial charge >= 0.3 is 0 Å². The zero-order valence-electron chi connectivity index (χ0n) is 11.3. The molecule has 2 heteroatoms. The first kappa shape index (κ1) is 13.9. The molecule has 1 aliphatic rings. The predicted octanol–water partition coefficient (Wildman–Crippen LogP) is 4.30. The van der Waals surface area contributed by atoms with Crippen LogP contribution in [-0.2, 0) is 6.42 Å². The number of nitrogens with one attached hydrogen (secondary N) is 1. The van der Waals surface area contributed by atoms with Crippen molar-refractivity contribution in [2.24, 2.45) is 11.8 Å². The van der Waals surface area contributed by atoms with Crippen molar-refractivity contribution < 1.29 is 0 Å². The normalized spacial score (nSPS) is 24.1. The highest BCUT2D eigenvalue weighted by Crippen LogP contribution is 2.27. The fourth-order valence-corrected chi connectivity index (χ4v) is 3.06. The van der Waals surface area contributed by atoms with Gasteiger partial charge in [0.05, 0.1) is 0 Å². The van der Waals surface area contributed by atoms with E-state index in [1.165, 1.54) is 37.8 Å². The van der Waals surface area contributed by atoms with Crippen LogP contribution in [0.1, 0.15) is 38.2 Å². The molecule has 1 aliphatic carbocycles. The van der Waals surface area contributed by atoms with Crippen LogP contribution in [-0.4, -0.2) is 13.1 Å². The number of halogens is 1. The fraction of sp³-hybridized carbons (Fsp3) is 0.625. The van der Waals surface area contributed by atoms with E-state index in [9.17, 15) is 0 Å². The SMILES string of the molecule is CC1CCCC(CNCCc2ccc(Cl)cc2)C1. The summed E-state index contributed by atoms with van der Waals surface area (Å²) in [5.74, 6) is 1.83. The highest BCUT2D eigenvalue weighted by atomic mass is 35.5. The standard InChI is InChI=1S/C16H24ClN/c1-13-3-2-4-15(11-13)12-18-10-9-14-5-7-16(17)8-6-14/h5-8,13,15,18H,2-4,9-12H2,1H3. The van der Waals surface area contributed by atoms with Gasteiger partial charge in [0, 0.05) is 5.02 Å². The van der Waals surface area contributed by atoms with Gasteiger partial charge in [-0.05, 0) is 61.9 Å². The van der Waals surface area contributed by atoms with Crippen LogP contribution in [0.3, 0.4) is 0 Å². The summed E-state index contributed by atoms with van der Waals surface area (Å²) in [7, 11) is 0. The van der Waals surface area contributed by atoms with Crippen molar-refractivity contribution in [2.75, 3.05) is 13.1 Å². The third kappa shape index (κ3) is 4.62. The third-order valence-electron chi connectivity index (χ3n) is 3.98. The minimum atomic E-state index is 0.822. The minimum absolute atomic E-state index is 0.822. The first-order valence-electron chi connectivity index (χ1n) is 7.19. The first-order valence-corrected chi connectivity index (χ1v) is 7.57. The molecule has 2 unspecified atom stereocenters. The van der Waals surface area contributed by atoms with Gasteiger partial charge in [-0.25, -0.2) is 0 Å². The van der Waals surface area contributed by atoms with Crippen molar-refractivity contribution in [1.29, 1.82) is 0 Å². The van der Waals surface area contributed by atoms with Gasteiger partial charge in [0.2, 0.25) is 0 Å². The molecular weight excluding hydrogens is 242 g/mol. The molecule has 0 heterocycles. The summed E-state index contributed by atoms with van der Waals surface area (Å²) in [4.78, 5) is 0. The summed E-state index contributed by atoms with van der Waals surface area (Å²) in [6.45, 7) is 4.66. The van der Waals surface area contributed by atoms with Crippen molar-refractivity contribution in [3.63, 3.8) is 0 Å². The molecule has 0 spiro atoms. The maximum Gasteiger partial charge on any atom is 0.0406 e. The molecule has 0 aliphatic heterocycles. The molecule has 1 fully saturated rings. The smallest absolute Gasteiger partial charge is 0.0406 e. The topological polar surface area (TPSA) is 12.0 Å². The summed E-state index contributed by atoms with van der Waals surface area (Å²) >= 11 is 5.87. The Balaban J connectivity index is 1.62. The second kappa shape index (κ2) is 7.16. The lowest BCUT2D eigenvalue weighted by Crippen LogP contribution is -2.28. The van der Waals surface area contributed by atoms with Crippen molar-refractivity contribution in [3.05, 3.63) is 34.9 Å². The maximum atomic E-state index is 5.87. The van der Waals surface area contributed by atoms with Gasteiger partial charge in [-0.2, -0.15) is 0 Å². The molecular formula is C16H24ClN. The Bertz CT molecular complexity index is 347. The number of rotatable bonds is 5. The number of hydrogen-bond acceptors (Lipinski definition) is 1. The molecule has 0 bridgehead atoms. The Morgan fingerprint density at radius 3 is 2.72 bits per heavy atom. The Labute approximate surface area is 116 Å². The summed E-state index contributed by atoms with van der Waals surface area (Å²) in [6, 6.07) is 8.18. The van der Waals surface area contributed by atoms with E-state index in [-0.39, 0.29) is 0 Å². The molecule has 0 amide bonds. The minimum Gasteiger partial charge on any atom is -0.316 e. The van der Waals surface area contributed by atoms with E-state index in [0.29, 0.717) is 0 Å². The monoisotopic (exact) mass is 265 g/mol. The molecule has 1 N–H and O–H groups in total. The molecule has 0 aromatic heterocycles. The van der Waals surface area contributed by atoms with Crippen LogP contribution in [0.5, 0.6) is 0 Å². The summed E-state index contributed by atoms with van der Waals surface area (Å²) < 4.78 is 0. The fourth-order valence-electron chi connectivity index (χ4n) is 2.94. The van der Waals surface area contributed by atoms with Crippen LogP contribution in [0.15, 0.2) is 24.3 Å². The van der Waals surface area contributed by atoms with E-state index < -0.39 is 0 Å². The second-order valence-corrected chi connectivity index (χ2v) is 6.15. The van der Waals surface area contributed by atoms with Gasteiger partial charge in [0.1, 0.15) is 0 Å². The molecule has 0 saturated heterocycles. The summed E-state index contributed by atoms with van der Waals surface area (Å²) in [5, 5.41) is 4.43. The number of hydrogen-bond donors (Lipinski definition) is 1. The molecule has 0 radical (unpaired) electrons. The molecule has 1 aromatic carbocycles. The van der Waals surface area contributed by atoms with E-state index in [0.717, 1.165) is 29.8 Å². The molecule has 1 saturated carbocycles. The average Bonchev–Trinajstić information content (AvgIpc) is 2.37. The Kier molecular flexibility index (Phi) is 5.52. The maximum absolute atomic E-state index is 5.87. The van der Waals surface area contributed by atoms with Crippen LogP contribution in [0.2, 0.25) is 5.02 Å². The predicted molar refractivity (Wildman–Crippen MR) is 79.1 cm³/mol. The molecule has 2 atom stereocenters. The lowest BCUT2D eigenvalue weighted by Gasteiger charge is -2.26. The molecule has 2 rings (SSSR count). The largest absolute Gasteiger partial charge is 0.316 e. The van der Waals surface area contributed by atoms with E-state index in [1.54, 1.807) is 0 Å². The molecule has 1 nitrogen and oxygen atoms in total. The number of benzene rings is 1. The molecule has 1 aromatic rings. The van der Waals surface area contributed by atoms with Crippen LogP contribution < -0.4 is 5.32 Å². The van der Waals surface area contributed by atoms with Gasteiger partial charge in [0.25, 0.3) is 0 Å². The average molecular weight is 266 g/mol.